The van der Waals surface area contributed by atoms with Gasteiger partial charge in [0.15, 0.2) is 0 Å². The summed E-state index contributed by atoms with van der Waals surface area (Å²) in [6.45, 7) is 4.17. The monoisotopic (exact) mass is 480 g/mol. The van der Waals surface area contributed by atoms with Gasteiger partial charge in [-0.05, 0) is 36.5 Å². The zero-order valence-electron chi connectivity index (χ0n) is 18.5. The molecule has 4 aromatic rings. The zero-order chi connectivity index (χ0) is 23.5. The Balaban J connectivity index is 1.08. The number of non-ortho nitro benzene ring substituents is 1. The number of aromatic nitrogens is 3. The fraction of sp³-hybridized carbons (Fsp3) is 0.348. The predicted molar refractivity (Wildman–Crippen MR) is 128 cm³/mol. The van der Waals surface area contributed by atoms with Crippen LogP contribution in [-0.2, 0) is 17.8 Å². The highest BCUT2D eigenvalue weighted by Crippen LogP contribution is 2.23. The Labute approximate surface area is 199 Å². The highest BCUT2D eigenvalue weighted by molar-refractivity contribution is 7.13. The summed E-state index contributed by atoms with van der Waals surface area (Å²) in [5.41, 5.74) is 0.871. The van der Waals surface area contributed by atoms with Crippen molar-refractivity contribution in [3.05, 3.63) is 64.0 Å². The number of piperazine rings is 1. The number of thiophene rings is 1. The van der Waals surface area contributed by atoms with E-state index < -0.39 is 4.92 Å². The first-order valence-electron chi connectivity index (χ1n) is 11.2. The standard InChI is InChI=1S/C23H24N6O4S/c30-22(16-28-9-7-17-15-18(29(31)32)5-6-19(17)28)27-12-10-26(11-13-27)8-1-4-21-24-23(25-33-21)20-3-2-14-34-20/h2-3,5-7,9,14-15H,1,4,8,10-13,16H2. The number of nitro groups is 1. The fourth-order valence-electron chi connectivity index (χ4n) is 4.22. The van der Waals surface area contributed by atoms with Gasteiger partial charge in [0.2, 0.25) is 17.6 Å². The summed E-state index contributed by atoms with van der Waals surface area (Å²) in [7, 11) is 0. The van der Waals surface area contributed by atoms with Gasteiger partial charge < -0.3 is 14.0 Å². The van der Waals surface area contributed by atoms with Crippen LogP contribution in [0.25, 0.3) is 21.6 Å². The average molecular weight is 481 g/mol. The number of amides is 1. The van der Waals surface area contributed by atoms with E-state index in [-0.39, 0.29) is 18.1 Å². The Morgan fingerprint density at radius 2 is 2.03 bits per heavy atom. The minimum absolute atomic E-state index is 0.0507. The van der Waals surface area contributed by atoms with E-state index in [9.17, 15) is 14.9 Å². The summed E-state index contributed by atoms with van der Waals surface area (Å²) in [6, 6.07) is 10.5. The SMILES string of the molecule is O=C(Cn1ccc2cc([N+](=O)[O-])ccc21)N1CCN(CCCc2nc(-c3cccs3)no2)CC1. The molecule has 1 aliphatic heterocycles. The first kappa shape index (κ1) is 22.2. The summed E-state index contributed by atoms with van der Waals surface area (Å²) >= 11 is 1.59. The van der Waals surface area contributed by atoms with Gasteiger partial charge in [-0.2, -0.15) is 4.98 Å². The van der Waals surface area contributed by atoms with Gasteiger partial charge in [-0.3, -0.25) is 19.8 Å². The van der Waals surface area contributed by atoms with E-state index in [2.05, 4.69) is 15.0 Å². The van der Waals surface area contributed by atoms with Crippen LogP contribution in [0.1, 0.15) is 12.3 Å². The average Bonchev–Trinajstić information content (AvgIpc) is 3.60. The van der Waals surface area contributed by atoms with Crippen molar-refractivity contribution >= 4 is 33.8 Å². The maximum Gasteiger partial charge on any atom is 0.270 e. The number of rotatable bonds is 8. The number of nitro benzene ring substituents is 1. The Morgan fingerprint density at radius 1 is 1.18 bits per heavy atom. The second-order valence-electron chi connectivity index (χ2n) is 8.26. The van der Waals surface area contributed by atoms with E-state index in [4.69, 9.17) is 4.52 Å². The molecule has 1 aromatic carbocycles. The Kier molecular flexibility index (Phi) is 6.37. The molecule has 0 saturated carbocycles. The van der Waals surface area contributed by atoms with Crippen molar-refractivity contribution in [3.63, 3.8) is 0 Å². The van der Waals surface area contributed by atoms with Crippen molar-refractivity contribution in [2.75, 3.05) is 32.7 Å². The summed E-state index contributed by atoms with van der Waals surface area (Å²) in [5.74, 6) is 1.36. The molecule has 5 rings (SSSR count). The van der Waals surface area contributed by atoms with Crippen LogP contribution in [0.2, 0.25) is 0 Å². The third-order valence-electron chi connectivity index (χ3n) is 6.07. The summed E-state index contributed by atoms with van der Waals surface area (Å²) < 4.78 is 7.21. The van der Waals surface area contributed by atoms with Crippen molar-refractivity contribution in [2.45, 2.75) is 19.4 Å². The lowest BCUT2D eigenvalue weighted by atomic mass is 10.2. The van der Waals surface area contributed by atoms with Crippen LogP contribution < -0.4 is 0 Å². The summed E-state index contributed by atoms with van der Waals surface area (Å²) in [5, 5.41) is 17.8. The molecular formula is C23H24N6O4S. The van der Waals surface area contributed by atoms with Crippen LogP contribution in [0.5, 0.6) is 0 Å². The molecule has 176 valence electrons. The van der Waals surface area contributed by atoms with Crippen LogP contribution in [0.4, 0.5) is 5.69 Å². The van der Waals surface area contributed by atoms with E-state index in [1.54, 1.807) is 23.5 Å². The van der Waals surface area contributed by atoms with Gasteiger partial charge in [0.25, 0.3) is 5.69 Å². The Bertz CT molecular complexity index is 1290. The molecule has 0 bridgehead atoms. The van der Waals surface area contributed by atoms with Crippen LogP contribution in [0.3, 0.4) is 0 Å². The van der Waals surface area contributed by atoms with Gasteiger partial charge in [0.05, 0.1) is 9.80 Å². The number of carbonyl (C=O) groups excluding carboxylic acids is 1. The molecule has 1 saturated heterocycles. The van der Waals surface area contributed by atoms with Gasteiger partial charge in [-0.15, -0.1) is 11.3 Å². The number of hydrogen-bond donors (Lipinski definition) is 0. The molecule has 34 heavy (non-hydrogen) atoms. The summed E-state index contributed by atoms with van der Waals surface area (Å²) in [4.78, 5) is 33.1. The number of hydrogen-bond acceptors (Lipinski definition) is 8. The molecular weight excluding hydrogens is 456 g/mol. The van der Waals surface area contributed by atoms with E-state index >= 15 is 0 Å². The van der Waals surface area contributed by atoms with Crippen molar-refractivity contribution in [1.82, 2.24) is 24.5 Å². The van der Waals surface area contributed by atoms with Crippen LogP contribution >= 0.6 is 11.3 Å². The zero-order valence-corrected chi connectivity index (χ0v) is 19.3. The molecule has 1 amide bonds. The lowest BCUT2D eigenvalue weighted by Crippen LogP contribution is -2.49. The molecule has 0 N–H and O–H groups in total. The van der Waals surface area contributed by atoms with Crippen molar-refractivity contribution in [2.24, 2.45) is 0 Å². The maximum atomic E-state index is 12.8. The quantitative estimate of drug-likeness (QED) is 0.281. The fourth-order valence-corrected chi connectivity index (χ4v) is 4.87. The number of fused-ring (bicyclic) bond motifs is 1. The van der Waals surface area contributed by atoms with Crippen LogP contribution in [0.15, 0.2) is 52.5 Å². The molecule has 0 radical (unpaired) electrons. The lowest BCUT2D eigenvalue weighted by Gasteiger charge is -2.34. The van der Waals surface area contributed by atoms with Crippen molar-refractivity contribution < 1.29 is 14.2 Å². The van der Waals surface area contributed by atoms with E-state index in [1.165, 1.54) is 12.1 Å². The Hall–Kier alpha value is -3.57. The van der Waals surface area contributed by atoms with Crippen molar-refractivity contribution in [1.29, 1.82) is 0 Å². The van der Waals surface area contributed by atoms with Gasteiger partial charge in [-0.25, -0.2) is 0 Å². The molecule has 10 nitrogen and oxygen atoms in total. The molecule has 0 atom stereocenters. The number of benzene rings is 1. The van der Waals surface area contributed by atoms with E-state index in [0.717, 1.165) is 48.3 Å². The second-order valence-corrected chi connectivity index (χ2v) is 9.21. The molecule has 0 spiro atoms. The number of nitrogens with zero attached hydrogens (tertiary/aromatic N) is 6. The van der Waals surface area contributed by atoms with E-state index in [0.29, 0.717) is 24.8 Å². The van der Waals surface area contributed by atoms with E-state index in [1.807, 2.05) is 33.2 Å². The van der Waals surface area contributed by atoms with Crippen LogP contribution in [-0.4, -0.2) is 68.1 Å². The minimum Gasteiger partial charge on any atom is -0.339 e. The van der Waals surface area contributed by atoms with Crippen LogP contribution in [0, 0.1) is 10.1 Å². The van der Waals surface area contributed by atoms with Crippen molar-refractivity contribution in [3.8, 4) is 10.7 Å². The summed E-state index contributed by atoms with van der Waals surface area (Å²) in [6.07, 6.45) is 3.46. The molecule has 0 unspecified atom stereocenters. The number of carbonyl (C=O) groups is 1. The third-order valence-corrected chi connectivity index (χ3v) is 6.94. The predicted octanol–water partition coefficient (Wildman–Crippen LogP) is 3.44. The largest absolute Gasteiger partial charge is 0.339 e. The lowest BCUT2D eigenvalue weighted by molar-refractivity contribution is -0.384. The highest BCUT2D eigenvalue weighted by Gasteiger charge is 2.22. The molecule has 3 aromatic heterocycles. The third kappa shape index (κ3) is 4.85. The molecule has 11 heteroatoms. The second kappa shape index (κ2) is 9.74. The molecule has 1 fully saturated rings. The number of aryl methyl sites for hydroxylation is 1. The molecule has 0 aliphatic carbocycles. The van der Waals surface area contributed by atoms with Gasteiger partial charge in [0.1, 0.15) is 6.54 Å². The normalized spacial score (nSPS) is 14.6. The van der Waals surface area contributed by atoms with Gasteiger partial charge in [0, 0.05) is 61.8 Å². The minimum atomic E-state index is -0.411. The first-order valence-corrected chi connectivity index (χ1v) is 12.0. The maximum absolute atomic E-state index is 12.8. The highest BCUT2D eigenvalue weighted by atomic mass is 32.1. The van der Waals surface area contributed by atoms with Gasteiger partial charge in [-0.1, -0.05) is 11.2 Å². The molecule has 4 heterocycles. The first-order chi connectivity index (χ1) is 16.6. The van der Waals surface area contributed by atoms with Gasteiger partial charge >= 0.3 is 0 Å². The molecule has 1 aliphatic rings. The smallest absolute Gasteiger partial charge is 0.270 e. The Morgan fingerprint density at radius 3 is 2.79 bits per heavy atom. The topological polar surface area (TPSA) is 111 Å².